The standard InChI is InChI=1S/C14H14N8O4/c1-7-11(22(21-17-7)13-12(15)19-26-20-13)14(24)18-16-6-8-5-9(25-2)3-4-10(8)23/h3-6,23H,1-2H3,(H2,15,19)(H,18,24). The number of aryl methyl sites for hydroxylation is 1. The molecule has 134 valence electrons. The molecule has 4 N–H and O–H groups in total. The van der Waals surface area contributed by atoms with Crippen molar-refractivity contribution in [3.05, 3.63) is 35.2 Å². The molecule has 2 heterocycles. The molecule has 3 rings (SSSR count). The molecule has 0 atom stereocenters. The Morgan fingerprint density at radius 2 is 2.27 bits per heavy atom. The molecule has 1 aromatic carbocycles. The predicted octanol–water partition coefficient (Wildman–Crippen LogP) is 0.0190. The SMILES string of the molecule is COc1ccc(O)c(C=NNC(=O)c2c(C)nnn2-c2nonc2N)c1. The number of ether oxygens (including phenoxy) is 1. The first kappa shape index (κ1) is 16.9. The van der Waals surface area contributed by atoms with Crippen LogP contribution in [0.1, 0.15) is 21.7 Å². The monoisotopic (exact) mass is 358 g/mol. The summed E-state index contributed by atoms with van der Waals surface area (Å²) in [6.07, 6.45) is 1.27. The van der Waals surface area contributed by atoms with Crippen LogP contribution in [-0.4, -0.2) is 49.6 Å². The molecule has 2 aromatic heterocycles. The highest BCUT2D eigenvalue weighted by Crippen LogP contribution is 2.21. The number of carbonyl (C=O) groups excluding carboxylic acids is 1. The number of nitrogens with two attached hydrogens (primary N) is 1. The van der Waals surface area contributed by atoms with E-state index in [0.717, 1.165) is 4.68 Å². The summed E-state index contributed by atoms with van der Waals surface area (Å²) in [5.74, 6) is -0.122. The van der Waals surface area contributed by atoms with Gasteiger partial charge in [0, 0.05) is 5.56 Å². The van der Waals surface area contributed by atoms with Gasteiger partial charge in [-0.25, -0.2) is 10.1 Å². The van der Waals surface area contributed by atoms with Crippen LogP contribution in [0.5, 0.6) is 11.5 Å². The second-order valence-corrected chi connectivity index (χ2v) is 5.03. The van der Waals surface area contributed by atoms with E-state index < -0.39 is 5.91 Å². The van der Waals surface area contributed by atoms with Crippen molar-refractivity contribution >= 4 is 17.9 Å². The lowest BCUT2D eigenvalue weighted by Crippen LogP contribution is -2.22. The van der Waals surface area contributed by atoms with E-state index in [9.17, 15) is 9.90 Å². The first-order chi connectivity index (χ1) is 12.5. The Kier molecular flexibility index (Phi) is 4.47. The van der Waals surface area contributed by atoms with Crippen molar-refractivity contribution in [2.45, 2.75) is 6.92 Å². The number of rotatable bonds is 5. The summed E-state index contributed by atoms with van der Waals surface area (Å²) in [5, 5.41) is 28.3. The van der Waals surface area contributed by atoms with Crippen molar-refractivity contribution in [3.63, 3.8) is 0 Å². The molecule has 0 aliphatic rings. The van der Waals surface area contributed by atoms with Gasteiger partial charge >= 0.3 is 0 Å². The third kappa shape index (κ3) is 3.15. The summed E-state index contributed by atoms with van der Waals surface area (Å²) in [6.45, 7) is 1.58. The molecule has 3 aromatic rings. The zero-order valence-corrected chi connectivity index (χ0v) is 13.7. The average molecular weight is 358 g/mol. The third-order valence-electron chi connectivity index (χ3n) is 3.35. The van der Waals surface area contributed by atoms with Gasteiger partial charge in [-0.1, -0.05) is 5.21 Å². The number of nitrogen functional groups attached to an aromatic ring is 1. The summed E-state index contributed by atoms with van der Waals surface area (Å²) in [5.41, 5.74) is 8.67. The number of phenols is 1. The van der Waals surface area contributed by atoms with E-state index in [1.807, 2.05) is 0 Å². The van der Waals surface area contributed by atoms with Gasteiger partial charge in [-0.15, -0.1) is 5.10 Å². The van der Waals surface area contributed by atoms with E-state index in [-0.39, 0.29) is 23.1 Å². The summed E-state index contributed by atoms with van der Waals surface area (Å²) in [4.78, 5) is 12.4. The second-order valence-electron chi connectivity index (χ2n) is 5.03. The lowest BCUT2D eigenvalue weighted by molar-refractivity contribution is 0.0946. The number of anilines is 1. The van der Waals surface area contributed by atoms with E-state index >= 15 is 0 Å². The lowest BCUT2D eigenvalue weighted by Gasteiger charge is -2.04. The fraction of sp³-hybridized carbons (Fsp3) is 0.143. The van der Waals surface area contributed by atoms with Crippen molar-refractivity contribution in [1.29, 1.82) is 0 Å². The van der Waals surface area contributed by atoms with Crippen molar-refractivity contribution in [3.8, 4) is 17.3 Å². The minimum Gasteiger partial charge on any atom is -0.507 e. The molecule has 12 heteroatoms. The second kappa shape index (κ2) is 6.88. The van der Waals surface area contributed by atoms with Crippen LogP contribution >= 0.6 is 0 Å². The maximum absolute atomic E-state index is 12.4. The number of methoxy groups -OCH3 is 1. The fourth-order valence-electron chi connectivity index (χ4n) is 2.08. The number of hydrogen-bond donors (Lipinski definition) is 3. The van der Waals surface area contributed by atoms with Crippen molar-refractivity contribution < 1.29 is 19.3 Å². The van der Waals surface area contributed by atoms with E-state index in [0.29, 0.717) is 17.0 Å². The molecule has 0 bridgehead atoms. The smallest absolute Gasteiger partial charge is 0.292 e. The highest BCUT2D eigenvalue weighted by molar-refractivity contribution is 5.95. The van der Waals surface area contributed by atoms with Gasteiger partial charge < -0.3 is 15.6 Å². The highest BCUT2D eigenvalue weighted by atomic mass is 16.6. The van der Waals surface area contributed by atoms with Crippen LogP contribution in [0.3, 0.4) is 0 Å². The molecular formula is C14H14N8O4. The Morgan fingerprint density at radius 1 is 1.46 bits per heavy atom. The minimum atomic E-state index is -0.617. The Morgan fingerprint density at radius 3 is 2.96 bits per heavy atom. The molecule has 0 aliphatic heterocycles. The van der Waals surface area contributed by atoms with Crippen LogP contribution in [-0.2, 0) is 0 Å². The largest absolute Gasteiger partial charge is 0.507 e. The summed E-state index contributed by atoms with van der Waals surface area (Å²) in [6, 6.07) is 4.60. The minimum absolute atomic E-state index is 0.0202. The summed E-state index contributed by atoms with van der Waals surface area (Å²) < 4.78 is 10.7. The Bertz CT molecular complexity index is 977. The van der Waals surface area contributed by atoms with E-state index in [4.69, 9.17) is 10.5 Å². The lowest BCUT2D eigenvalue weighted by atomic mass is 10.2. The zero-order valence-electron chi connectivity index (χ0n) is 13.7. The number of carbonyl (C=O) groups is 1. The molecule has 0 radical (unpaired) electrons. The molecule has 0 saturated carbocycles. The third-order valence-corrected chi connectivity index (χ3v) is 3.35. The van der Waals surface area contributed by atoms with Gasteiger partial charge in [0.2, 0.25) is 11.6 Å². The number of phenolic OH excluding ortho intramolecular Hbond substituents is 1. The van der Waals surface area contributed by atoms with Crippen LogP contribution in [0.25, 0.3) is 5.82 Å². The Hall–Kier alpha value is -3.96. The van der Waals surface area contributed by atoms with Gasteiger partial charge in [0.05, 0.1) is 19.0 Å². The maximum atomic E-state index is 12.4. The van der Waals surface area contributed by atoms with E-state index in [1.165, 1.54) is 19.4 Å². The van der Waals surface area contributed by atoms with E-state index in [2.05, 4.69) is 35.8 Å². The molecular weight excluding hydrogens is 344 g/mol. The average Bonchev–Trinajstić information content (AvgIpc) is 3.21. The molecule has 0 spiro atoms. The molecule has 0 aliphatic carbocycles. The number of nitrogens with zero attached hydrogens (tertiary/aromatic N) is 6. The van der Waals surface area contributed by atoms with Gasteiger partial charge in [-0.3, -0.25) is 4.79 Å². The number of hydrogen-bond acceptors (Lipinski definition) is 10. The summed E-state index contributed by atoms with van der Waals surface area (Å²) in [7, 11) is 1.50. The number of aromatic hydroxyl groups is 1. The van der Waals surface area contributed by atoms with Gasteiger partial charge in [0.25, 0.3) is 5.91 Å². The first-order valence-corrected chi connectivity index (χ1v) is 7.22. The van der Waals surface area contributed by atoms with Crippen molar-refractivity contribution in [2.75, 3.05) is 12.8 Å². The number of nitrogens with one attached hydrogen (secondary N) is 1. The number of aromatic nitrogens is 5. The molecule has 0 fully saturated rings. The quantitative estimate of drug-likeness (QED) is 0.420. The van der Waals surface area contributed by atoms with Crippen molar-refractivity contribution in [2.24, 2.45) is 5.10 Å². The van der Waals surface area contributed by atoms with Gasteiger partial charge in [0.1, 0.15) is 11.5 Å². The topological polar surface area (TPSA) is 167 Å². The molecule has 26 heavy (non-hydrogen) atoms. The van der Waals surface area contributed by atoms with Crippen LogP contribution in [0.15, 0.2) is 27.9 Å². The van der Waals surface area contributed by atoms with Gasteiger partial charge in [-0.2, -0.15) is 9.78 Å². The molecule has 0 saturated heterocycles. The number of amides is 1. The Balaban J connectivity index is 1.82. The van der Waals surface area contributed by atoms with Gasteiger partial charge in [0.15, 0.2) is 5.69 Å². The van der Waals surface area contributed by atoms with Crippen LogP contribution in [0.4, 0.5) is 5.82 Å². The number of hydrazone groups is 1. The van der Waals surface area contributed by atoms with Crippen LogP contribution < -0.4 is 15.9 Å². The Labute approximate surface area is 146 Å². The fourth-order valence-corrected chi connectivity index (χ4v) is 2.08. The van der Waals surface area contributed by atoms with Gasteiger partial charge in [-0.05, 0) is 35.4 Å². The molecule has 0 unspecified atom stereocenters. The van der Waals surface area contributed by atoms with E-state index in [1.54, 1.807) is 19.1 Å². The normalized spacial score (nSPS) is 11.0. The van der Waals surface area contributed by atoms with Crippen LogP contribution in [0, 0.1) is 6.92 Å². The first-order valence-electron chi connectivity index (χ1n) is 7.22. The number of benzene rings is 1. The van der Waals surface area contributed by atoms with Crippen LogP contribution in [0.2, 0.25) is 0 Å². The summed E-state index contributed by atoms with van der Waals surface area (Å²) >= 11 is 0. The molecule has 1 amide bonds. The van der Waals surface area contributed by atoms with Crippen molar-refractivity contribution in [1.82, 2.24) is 30.7 Å². The highest BCUT2D eigenvalue weighted by Gasteiger charge is 2.22. The zero-order chi connectivity index (χ0) is 18.7. The maximum Gasteiger partial charge on any atom is 0.292 e. The molecule has 12 nitrogen and oxygen atoms in total. The predicted molar refractivity (Wildman–Crippen MR) is 88.1 cm³/mol.